The number of carbonyl (C=O) groups is 2. The summed E-state index contributed by atoms with van der Waals surface area (Å²) in [6.07, 6.45) is 1.12. The first-order chi connectivity index (χ1) is 8.90. The monoisotopic (exact) mass is 267 g/mol. The Morgan fingerprint density at radius 2 is 2.05 bits per heavy atom. The molecule has 0 aromatic heterocycles. The van der Waals surface area contributed by atoms with Gasteiger partial charge in [0.25, 0.3) is 0 Å². The fourth-order valence-electron chi connectivity index (χ4n) is 1.62. The van der Waals surface area contributed by atoms with Crippen molar-refractivity contribution in [2.45, 2.75) is 32.7 Å². The minimum Gasteiger partial charge on any atom is -0.480 e. The molecule has 1 amide bonds. The Morgan fingerprint density at radius 1 is 1.37 bits per heavy atom. The number of carboxylic acid groups (broad SMARTS) is 1. The number of nitrogens with one attached hydrogen (secondary N) is 1. The van der Waals surface area contributed by atoms with Crippen molar-refractivity contribution in [3.8, 4) is 0 Å². The number of carboxylic acids is 1. The van der Waals surface area contributed by atoms with Crippen molar-refractivity contribution in [2.24, 2.45) is 5.92 Å². The Kier molecular flexibility index (Phi) is 5.48. The second-order valence-corrected chi connectivity index (χ2v) is 4.64. The average molecular weight is 267 g/mol. The van der Waals surface area contributed by atoms with E-state index in [-0.39, 0.29) is 17.6 Å². The lowest BCUT2D eigenvalue weighted by Gasteiger charge is -2.14. The van der Waals surface area contributed by atoms with Crippen LogP contribution in [0.25, 0.3) is 0 Å². The Labute approximate surface area is 111 Å². The predicted molar refractivity (Wildman–Crippen MR) is 69.1 cm³/mol. The zero-order valence-electron chi connectivity index (χ0n) is 11.0. The highest BCUT2D eigenvalue weighted by Gasteiger charge is 2.18. The van der Waals surface area contributed by atoms with Crippen LogP contribution in [0.3, 0.4) is 0 Å². The van der Waals surface area contributed by atoms with Crippen molar-refractivity contribution < 1.29 is 19.1 Å². The number of benzene rings is 1. The topological polar surface area (TPSA) is 66.4 Å². The van der Waals surface area contributed by atoms with Crippen LogP contribution in [-0.2, 0) is 16.0 Å². The first-order valence-electron chi connectivity index (χ1n) is 6.17. The van der Waals surface area contributed by atoms with Crippen LogP contribution < -0.4 is 5.32 Å². The molecule has 1 rings (SSSR count). The van der Waals surface area contributed by atoms with Gasteiger partial charge < -0.3 is 10.4 Å². The van der Waals surface area contributed by atoms with Crippen LogP contribution in [0.5, 0.6) is 0 Å². The molecular formula is C14H18FNO3. The van der Waals surface area contributed by atoms with Gasteiger partial charge in [0.15, 0.2) is 0 Å². The molecule has 5 heteroatoms. The molecule has 2 atom stereocenters. The Hall–Kier alpha value is -1.91. The van der Waals surface area contributed by atoms with Crippen molar-refractivity contribution in [1.29, 1.82) is 0 Å². The molecule has 0 saturated heterocycles. The van der Waals surface area contributed by atoms with Crippen LogP contribution in [0.4, 0.5) is 4.39 Å². The molecule has 4 nitrogen and oxygen atoms in total. The molecule has 0 radical (unpaired) electrons. The van der Waals surface area contributed by atoms with Gasteiger partial charge in [0.2, 0.25) is 5.91 Å². The van der Waals surface area contributed by atoms with E-state index in [0.717, 1.165) is 5.56 Å². The summed E-state index contributed by atoms with van der Waals surface area (Å²) in [4.78, 5) is 22.3. The number of carbonyl (C=O) groups excluding carboxylic acids is 1. The lowest BCUT2D eigenvalue weighted by molar-refractivity contribution is -0.141. The molecule has 0 aliphatic heterocycles. The number of hydrogen-bond acceptors (Lipinski definition) is 2. The number of amides is 1. The number of hydrogen-bond donors (Lipinski definition) is 2. The van der Waals surface area contributed by atoms with Gasteiger partial charge in [-0.25, -0.2) is 4.39 Å². The van der Waals surface area contributed by atoms with Crippen LogP contribution in [0, 0.1) is 11.7 Å². The highest BCUT2D eigenvalue weighted by Crippen LogP contribution is 2.11. The highest BCUT2D eigenvalue weighted by molar-refractivity contribution is 5.84. The standard InChI is InChI=1S/C14H18FNO3/c1-9(13(17)16-10(2)14(18)19)6-7-11-4-3-5-12(15)8-11/h3-5,8-10H,6-7H2,1-2H3,(H,16,17)(H,18,19). The second kappa shape index (κ2) is 6.87. The van der Waals surface area contributed by atoms with E-state index < -0.39 is 12.0 Å². The average Bonchev–Trinajstić information content (AvgIpc) is 2.35. The van der Waals surface area contributed by atoms with E-state index in [1.54, 1.807) is 19.1 Å². The molecule has 0 spiro atoms. The summed E-state index contributed by atoms with van der Waals surface area (Å²) in [5.74, 6) is -1.98. The predicted octanol–water partition coefficient (Wildman–Crippen LogP) is 1.98. The minimum atomic E-state index is -1.06. The Bertz CT molecular complexity index is 462. The van der Waals surface area contributed by atoms with E-state index in [0.29, 0.717) is 12.8 Å². The van der Waals surface area contributed by atoms with Crippen molar-refractivity contribution in [3.63, 3.8) is 0 Å². The van der Waals surface area contributed by atoms with Crippen molar-refractivity contribution in [1.82, 2.24) is 5.32 Å². The van der Waals surface area contributed by atoms with Crippen LogP contribution in [0.15, 0.2) is 24.3 Å². The molecule has 104 valence electrons. The summed E-state index contributed by atoms with van der Waals surface area (Å²) in [5, 5.41) is 11.1. The molecule has 1 aromatic rings. The summed E-state index contributed by atoms with van der Waals surface area (Å²) < 4.78 is 13.0. The Balaban J connectivity index is 2.44. The molecule has 0 heterocycles. The van der Waals surface area contributed by atoms with E-state index >= 15 is 0 Å². The van der Waals surface area contributed by atoms with Crippen molar-refractivity contribution in [3.05, 3.63) is 35.6 Å². The third kappa shape index (κ3) is 5.07. The second-order valence-electron chi connectivity index (χ2n) is 4.64. The fourth-order valence-corrected chi connectivity index (χ4v) is 1.62. The third-order valence-electron chi connectivity index (χ3n) is 2.93. The van der Waals surface area contributed by atoms with Crippen LogP contribution in [-0.4, -0.2) is 23.0 Å². The molecule has 2 unspecified atom stereocenters. The smallest absolute Gasteiger partial charge is 0.325 e. The summed E-state index contributed by atoms with van der Waals surface area (Å²) >= 11 is 0. The molecular weight excluding hydrogens is 249 g/mol. The fraction of sp³-hybridized carbons (Fsp3) is 0.429. The zero-order valence-corrected chi connectivity index (χ0v) is 11.0. The van der Waals surface area contributed by atoms with E-state index in [1.807, 2.05) is 0 Å². The third-order valence-corrected chi connectivity index (χ3v) is 2.93. The summed E-state index contributed by atoms with van der Waals surface area (Å²) in [6.45, 7) is 3.14. The number of aryl methyl sites for hydroxylation is 1. The highest BCUT2D eigenvalue weighted by atomic mass is 19.1. The first kappa shape index (κ1) is 15.1. The van der Waals surface area contributed by atoms with Gasteiger partial charge in [0.05, 0.1) is 0 Å². The van der Waals surface area contributed by atoms with Crippen LogP contribution >= 0.6 is 0 Å². The molecule has 0 fully saturated rings. The maximum Gasteiger partial charge on any atom is 0.325 e. The molecule has 2 N–H and O–H groups in total. The molecule has 0 saturated carbocycles. The Morgan fingerprint density at radius 3 is 2.63 bits per heavy atom. The maximum atomic E-state index is 13.0. The SMILES string of the molecule is CC(CCc1cccc(F)c1)C(=O)NC(C)C(=O)O. The summed E-state index contributed by atoms with van der Waals surface area (Å²) in [7, 11) is 0. The van der Waals surface area contributed by atoms with E-state index in [2.05, 4.69) is 5.32 Å². The van der Waals surface area contributed by atoms with E-state index in [4.69, 9.17) is 5.11 Å². The summed E-state index contributed by atoms with van der Waals surface area (Å²) in [6, 6.07) is 5.33. The van der Waals surface area contributed by atoms with Crippen LogP contribution in [0.1, 0.15) is 25.8 Å². The molecule has 1 aromatic carbocycles. The molecule has 0 bridgehead atoms. The molecule has 19 heavy (non-hydrogen) atoms. The zero-order chi connectivity index (χ0) is 14.4. The largest absolute Gasteiger partial charge is 0.480 e. The van der Waals surface area contributed by atoms with E-state index in [1.165, 1.54) is 19.1 Å². The maximum absolute atomic E-state index is 13.0. The molecule has 0 aliphatic carbocycles. The van der Waals surface area contributed by atoms with E-state index in [9.17, 15) is 14.0 Å². The van der Waals surface area contributed by atoms with Gasteiger partial charge in [-0.15, -0.1) is 0 Å². The van der Waals surface area contributed by atoms with Gasteiger partial charge in [0.1, 0.15) is 11.9 Å². The van der Waals surface area contributed by atoms with Crippen molar-refractivity contribution in [2.75, 3.05) is 0 Å². The lowest BCUT2D eigenvalue weighted by atomic mass is 10.00. The van der Waals surface area contributed by atoms with Gasteiger partial charge in [-0.2, -0.15) is 0 Å². The lowest BCUT2D eigenvalue weighted by Crippen LogP contribution is -2.41. The van der Waals surface area contributed by atoms with Gasteiger partial charge >= 0.3 is 5.97 Å². The van der Waals surface area contributed by atoms with Gasteiger partial charge in [-0.05, 0) is 37.5 Å². The van der Waals surface area contributed by atoms with Gasteiger partial charge in [-0.3, -0.25) is 9.59 Å². The van der Waals surface area contributed by atoms with Crippen LogP contribution in [0.2, 0.25) is 0 Å². The number of aliphatic carboxylic acids is 1. The van der Waals surface area contributed by atoms with Gasteiger partial charge in [-0.1, -0.05) is 19.1 Å². The number of rotatable bonds is 6. The normalized spacial score (nSPS) is 13.6. The molecule has 0 aliphatic rings. The van der Waals surface area contributed by atoms with Crippen molar-refractivity contribution >= 4 is 11.9 Å². The minimum absolute atomic E-state index is 0.297. The van der Waals surface area contributed by atoms with Gasteiger partial charge in [0, 0.05) is 5.92 Å². The quantitative estimate of drug-likeness (QED) is 0.828. The summed E-state index contributed by atoms with van der Waals surface area (Å²) in [5.41, 5.74) is 0.825. The first-order valence-corrected chi connectivity index (χ1v) is 6.17. The number of halogens is 1.